The number of carboxylic acid groups (broad SMARTS) is 1. The van der Waals surface area contributed by atoms with Crippen LogP contribution < -0.4 is 5.32 Å². The molecule has 7 heteroatoms. The van der Waals surface area contributed by atoms with E-state index < -0.39 is 35.2 Å². The SMILES string of the molecule is CC(C)C1CCN(C(=O)[C@@H](NC(=O)OC(C)(C)C)C(C)(C)C)C1C(=O)O. The third kappa shape index (κ3) is 5.61. The van der Waals surface area contributed by atoms with Crippen LogP contribution in [0.3, 0.4) is 0 Å². The zero-order chi connectivity index (χ0) is 20.4. The Bertz CT molecular complexity index is 545. The summed E-state index contributed by atoms with van der Waals surface area (Å²) in [7, 11) is 0. The highest BCUT2D eigenvalue weighted by atomic mass is 16.6. The number of carbonyl (C=O) groups is 3. The van der Waals surface area contributed by atoms with Gasteiger partial charge in [0.1, 0.15) is 17.7 Å². The Labute approximate surface area is 156 Å². The van der Waals surface area contributed by atoms with Gasteiger partial charge in [-0.05, 0) is 44.4 Å². The van der Waals surface area contributed by atoms with Crippen LogP contribution in [0.15, 0.2) is 0 Å². The lowest BCUT2D eigenvalue weighted by atomic mass is 9.85. The second-order valence-electron chi connectivity index (χ2n) is 9.46. The van der Waals surface area contributed by atoms with E-state index in [4.69, 9.17) is 4.74 Å². The van der Waals surface area contributed by atoms with Crippen molar-refractivity contribution in [3.05, 3.63) is 0 Å². The molecule has 0 radical (unpaired) electrons. The third-order valence-electron chi connectivity index (χ3n) is 4.61. The summed E-state index contributed by atoms with van der Waals surface area (Å²) >= 11 is 0. The fourth-order valence-electron chi connectivity index (χ4n) is 3.32. The smallest absolute Gasteiger partial charge is 0.408 e. The van der Waals surface area contributed by atoms with Gasteiger partial charge >= 0.3 is 12.1 Å². The molecule has 0 saturated carbocycles. The summed E-state index contributed by atoms with van der Waals surface area (Å²) in [6, 6.07) is -1.74. The molecule has 3 atom stereocenters. The van der Waals surface area contributed by atoms with Crippen molar-refractivity contribution < 1.29 is 24.2 Å². The first kappa shape index (κ1) is 22.3. The minimum absolute atomic E-state index is 0.0985. The number of likely N-dealkylation sites (tertiary alicyclic amines) is 1. The third-order valence-corrected chi connectivity index (χ3v) is 4.61. The van der Waals surface area contributed by atoms with Gasteiger partial charge in [-0.2, -0.15) is 0 Å². The molecule has 2 N–H and O–H groups in total. The second kappa shape index (κ2) is 7.84. The summed E-state index contributed by atoms with van der Waals surface area (Å²) in [6.07, 6.45) is -0.0406. The number of nitrogens with zero attached hydrogens (tertiary/aromatic N) is 1. The number of nitrogens with one attached hydrogen (secondary N) is 1. The van der Waals surface area contributed by atoms with E-state index in [0.29, 0.717) is 13.0 Å². The van der Waals surface area contributed by atoms with Crippen LogP contribution in [0.1, 0.15) is 61.8 Å². The highest BCUT2D eigenvalue weighted by Gasteiger charge is 2.47. The minimum atomic E-state index is -1.00. The van der Waals surface area contributed by atoms with Crippen molar-refractivity contribution in [2.75, 3.05) is 6.54 Å². The fourth-order valence-corrected chi connectivity index (χ4v) is 3.32. The number of alkyl carbamates (subject to hydrolysis) is 1. The van der Waals surface area contributed by atoms with Crippen LogP contribution in [-0.4, -0.2) is 52.2 Å². The van der Waals surface area contributed by atoms with Crippen LogP contribution in [-0.2, 0) is 14.3 Å². The summed E-state index contributed by atoms with van der Waals surface area (Å²) in [5.74, 6) is -1.32. The summed E-state index contributed by atoms with van der Waals surface area (Å²) in [6.45, 7) is 15.0. The van der Waals surface area contributed by atoms with Gasteiger partial charge in [0.25, 0.3) is 0 Å². The monoisotopic (exact) mass is 370 g/mol. The van der Waals surface area contributed by atoms with E-state index in [0.717, 1.165) is 0 Å². The second-order valence-corrected chi connectivity index (χ2v) is 9.46. The zero-order valence-electron chi connectivity index (χ0n) is 17.3. The number of hydrogen-bond donors (Lipinski definition) is 2. The quantitative estimate of drug-likeness (QED) is 0.793. The molecule has 26 heavy (non-hydrogen) atoms. The van der Waals surface area contributed by atoms with E-state index in [2.05, 4.69) is 5.32 Å². The van der Waals surface area contributed by atoms with Gasteiger partial charge in [0.15, 0.2) is 0 Å². The molecule has 0 spiro atoms. The van der Waals surface area contributed by atoms with Crippen molar-refractivity contribution in [3.63, 3.8) is 0 Å². The lowest BCUT2D eigenvalue weighted by Gasteiger charge is -2.36. The Hall–Kier alpha value is -1.79. The minimum Gasteiger partial charge on any atom is -0.480 e. The van der Waals surface area contributed by atoms with Gasteiger partial charge in [-0.15, -0.1) is 0 Å². The molecule has 0 aromatic carbocycles. The number of amides is 2. The fraction of sp³-hybridized carbons (Fsp3) is 0.842. The molecule has 2 amide bonds. The molecule has 1 heterocycles. The van der Waals surface area contributed by atoms with Crippen LogP contribution in [0.5, 0.6) is 0 Å². The molecule has 2 unspecified atom stereocenters. The van der Waals surface area contributed by atoms with E-state index >= 15 is 0 Å². The van der Waals surface area contributed by atoms with Crippen LogP contribution in [0.25, 0.3) is 0 Å². The summed E-state index contributed by atoms with van der Waals surface area (Å²) in [5.41, 5.74) is -1.28. The molecule has 150 valence electrons. The molecule has 1 saturated heterocycles. The first-order valence-electron chi connectivity index (χ1n) is 9.18. The molecular formula is C19H34N2O5. The van der Waals surface area contributed by atoms with Crippen molar-refractivity contribution in [2.45, 2.75) is 79.5 Å². The molecule has 1 aliphatic heterocycles. The van der Waals surface area contributed by atoms with Gasteiger partial charge < -0.3 is 20.1 Å². The molecule has 0 aromatic rings. The van der Waals surface area contributed by atoms with Gasteiger partial charge in [0.2, 0.25) is 5.91 Å². The lowest BCUT2D eigenvalue weighted by Crippen LogP contribution is -2.58. The molecule has 1 aliphatic rings. The van der Waals surface area contributed by atoms with Crippen LogP contribution in [0, 0.1) is 17.3 Å². The van der Waals surface area contributed by atoms with E-state index in [-0.39, 0.29) is 17.7 Å². The molecule has 1 rings (SSSR count). The Morgan fingerprint density at radius 1 is 1.12 bits per heavy atom. The highest BCUT2D eigenvalue weighted by molar-refractivity contribution is 5.90. The molecule has 0 bridgehead atoms. The van der Waals surface area contributed by atoms with Crippen LogP contribution >= 0.6 is 0 Å². The highest BCUT2D eigenvalue weighted by Crippen LogP contribution is 2.33. The molecule has 0 aliphatic carbocycles. The van der Waals surface area contributed by atoms with Gasteiger partial charge in [-0.25, -0.2) is 9.59 Å². The van der Waals surface area contributed by atoms with Gasteiger partial charge in [-0.1, -0.05) is 34.6 Å². The number of hydrogen-bond acceptors (Lipinski definition) is 4. The Morgan fingerprint density at radius 2 is 1.65 bits per heavy atom. The average molecular weight is 370 g/mol. The Kier molecular flexibility index (Phi) is 6.71. The van der Waals surface area contributed by atoms with Crippen molar-refractivity contribution in [3.8, 4) is 0 Å². The average Bonchev–Trinajstić information content (AvgIpc) is 2.86. The number of aliphatic carboxylic acids is 1. The maximum absolute atomic E-state index is 13.2. The normalized spacial score (nSPS) is 22.3. The number of carboxylic acids is 1. The predicted octanol–water partition coefficient (Wildman–Crippen LogP) is 2.88. The maximum atomic E-state index is 13.2. The first-order chi connectivity index (χ1) is 11.6. The Morgan fingerprint density at radius 3 is 2.04 bits per heavy atom. The van der Waals surface area contributed by atoms with Gasteiger partial charge in [-0.3, -0.25) is 4.79 Å². The zero-order valence-corrected chi connectivity index (χ0v) is 17.3. The number of rotatable bonds is 4. The topological polar surface area (TPSA) is 95.9 Å². The van der Waals surface area contributed by atoms with E-state index in [9.17, 15) is 19.5 Å². The molecular weight excluding hydrogens is 336 g/mol. The van der Waals surface area contributed by atoms with Crippen LogP contribution in [0.4, 0.5) is 4.79 Å². The van der Waals surface area contributed by atoms with Gasteiger partial charge in [0, 0.05) is 6.54 Å². The summed E-state index contributed by atoms with van der Waals surface area (Å²) in [4.78, 5) is 38.6. The van der Waals surface area contributed by atoms with E-state index in [1.54, 1.807) is 20.8 Å². The van der Waals surface area contributed by atoms with E-state index in [1.807, 2.05) is 34.6 Å². The summed E-state index contributed by atoms with van der Waals surface area (Å²) in [5, 5.41) is 12.3. The van der Waals surface area contributed by atoms with Crippen LogP contribution in [0.2, 0.25) is 0 Å². The summed E-state index contributed by atoms with van der Waals surface area (Å²) < 4.78 is 5.27. The molecule has 7 nitrogen and oxygen atoms in total. The van der Waals surface area contributed by atoms with Crippen molar-refractivity contribution in [2.24, 2.45) is 17.3 Å². The maximum Gasteiger partial charge on any atom is 0.408 e. The van der Waals surface area contributed by atoms with Crippen molar-refractivity contribution >= 4 is 18.0 Å². The number of ether oxygens (including phenoxy) is 1. The Balaban J connectivity index is 3.06. The van der Waals surface area contributed by atoms with Crippen molar-refractivity contribution in [1.29, 1.82) is 0 Å². The standard InChI is InChI=1S/C19H34N2O5/c1-11(2)12-9-10-21(13(12)16(23)24)15(22)14(18(3,4)5)20-17(25)26-19(6,7)8/h11-14H,9-10H2,1-8H3,(H,20,25)(H,23,24)/t12?,13?,14-/m1/s1. The van der Waals surface area contributed by atoms with Crippen molar-refractivity contribution in [1.82, 2.24) is 10.2 Å². The predicted molar refractivity (Wildman–Crippen MR) is 98.7 cm³/mol. The molecule has 1 fully saturated rings. The first-order valence-corrected chi connectivity index (χ1v) is 9.18. The largest absolute Gasteiger partial charge is 0.480 e. The van der Waals surface area contributed by atoms with Gasteiger partial charge in [0.05, 0.1) is 0 Å². The molecule has 0 aromatic heterocycles. The lowest BCUT2D eigenvalue weighted by molar-refractivity contribution is -0.152. The number of carbonyl (C=O) groups excluding carboxylic acids is 2. The van der Waals surface area contributed by atoms with E-state index in [1.165, 1.54) is 4.90 Å².